The van der Waals surface area contributed by atoms with Crippen molar-refractivity contribution in [2.24, 2.45) is 5.92 Å². The summed E-state index contributed by atoms with van der Waals surface area (Å²) in [4.78, 5) is 0. The average Bonchev–Trinajstić information content (AvgIpc) is 2.30. The highest BCUT2D eigenvalue weighted by molar-refractivity contribution is 4.95. The van der Waals surface area contributed by atoms with Crippen molar-refractivity contribution in [2.45, 2.75) is 56.7 Å². The molecule has 0 radical (unpaired) electrons. The van der Waals surface area contributed by atoms with Crippen LogP contribution in [-0.4, -0.2) is 45.8 Å². The highest BCUT2D eigenvalue weighted by Gasteiger charge is 2.46. The van der Waals surface area contributed by atoms with E-state index in [0.717, 1.165) is 19.3 Å². The molecule has 1 heterocycles. The summed E-state index contributed by atoms with van der Waals surface area (Å²) in [5, 5.41) is 29.0. The Morgan fingerprint density at radius 3 is 2.21 bits per heavy atom. The first-order valence-electron chi connectivity index (χ1n) is 5.31. The Bertz CT molecular complexity index is 204. The molecular weight excluding hydrogens is 184 g/mol. The first-order chi connectivity index (χ1) is 6.61. The quantitative estimate of drug-likeness (QED) is 0.573. The third-order valence-corrected chi connectivity index (χ3v) is 3.51. The molecule has 1 aliphatic heterocycles. The molecule has 0 bridgehead atoms. The molecule has 0 aromatic carbocycles. The van der Waals surface area contributed by atoms with Gasteiger partial charge in [0.2, 0.25) is 0 Å². The minimum atomic E-state index is -0.944. The molecule has 2 fully saturated rings. The lowest BCUT2D eigenvalue weighted by Crippen LogP contribution is -2.44. The van der Waals surface area contributed by atoms with Gasteiger partial charge in [0, 0.05) is 0 Å². The van der Waals surface area contributed by atoms with Crippen molar-refractivity contribution in [2.75, 3.05) is 0 Å². The zero-order valence-corrected chi connectivity index (χ0v) is 8.34. The van der Waals surface area contributed by atoms with Crippen LogP contribution in [0.5, 0.6) is 0 Å². The van der Waals surface area contributed by atoms with Crippen LogP contribution in [0.25, 0.3) is 0 Å². The van der Waals surface area contributed by atoms with Gasteiger partial charge >= 0.3 is 0 Å². The maximum Gasteiger partial charge on any atom is 0.113 e. The van der Waals surface area contributed by atoms with Crippen LogP contribution in [0.2, 0.25) is 0 Å². The number of rotatable bonds is 2. The van der Waals surface area contributed by atoms with E-state index in [0.29, 0.717) is 0 Å². The summed E-state index contributed by atoms with van der Waals surface area (Å²) in [6, 6.07) is 0. The Labute approximate surface area is 83.5 Å². The van der Waals surface area contributed by atoms with Crippen LogP contribution < -0.4 is 0 Å². The van der Waals surface area contributed by atoms with Gasteiger partial charge in [0.05, 0.1) is 12.2 Å². The second-order valence-electron chi connectivity index (χ2n) is 4.47. The standard InChI is InChI=1S/C10H18O4/c1-5-7(11)9(13)10(14-5)8(12)6-3-2-4-6/h5-13H,2-4H2,1H3/t5-,7-,8-,9-,10+/m0/s1. The minimum Gasteiger partial charge on any atom is -0.390 e. The highest BCUT2D eigenvalue weighted by Crippen LogP contribution is 2.35. The monoisotopic (exact) mass is 202 g/mol. The van der Waals surface area contributed by atoms with E-state index < -0.39 is 24.4 Å². The Morgan fingerprint density at radius 1 is 1.21 bits per heavy atom. The fourth-order valence-corrected chi connectivity index (χ4v) is 2.21. The summed E-state index contributed by atoms with van der Waals surface area (Å²) in [7, 11) is 0. The van der Waals surface area contributed by atoms with E-state index in [1.807, 2.05) is 0 Å². The lowest BCUT2D eigenvalue weighted by Gasteiger charge is -2.34. The number of ether oxygens (including phenoxy) is 1. The van der Waals surface area contributed by atoms with Crippen molar-refractivity contribution in [3.8, 4) is 0 Å². The fourth-order valence-electron chi connectivity index (χ4n) is 2.21. The average molecular weight is 202 g/mol. The van der Waals surface area contributed by atoms with Gasteiger partial charge in [0.1, 0.15) is 18.3 Å². The predicted molar refractivity (Wildman–Crippen MR) is 49.7 cm³/mol. The molecule has 0 aromatic rings. The van der Waals surface area contributed by atoms with Crippen LogP contribution in [0, 0.1) is 5.92 Å². The molecule has 14 heavy (non-hydrogen) atoms. The third-order valence-electron chi connectivity index (χ3n) is 3.51. The second kappa shape index (κ2) is 3.77. The first kappa shape index (κ1) is 10.4. The summed E-state index contributed by atoms with van der Waals surface area (Å²) in [6.45, 7) is 1.71. The second-order valence-corrected chi connectivity index (χ2v) is 4.47. The topological polar surface area (TPSA) is 69.9 Å². The van der Waals surface area contributed by atoms with Crippen molar-refractivity contribution < 1.29 is 20.1 Å². The van der Waals surface area contributed by atoms with Crippen molar-refractivity contribution in [3.63, 3.8) is 0 Å². The molecule has 2 aliphatic rings. The minimum absolute atomic E-state index is 0.243. The van der Waals surface area contributed by atoms with Crippen LogP contribution >= 0.6 is 0 Å². The molecule has 4 nitrogen and oxygen atoms in total. The Kier molecular flexibility index (Phi) is 2.79. The van der Waals surface area contributed by atoms with E-state index in [-0.39, 0.29) is 12.0 Å². The lowest BCUT2D eigenvalue weighted by atomic mass is 9.78. The van der Waals surface area contributed by atoms with Gasteiger partial charge in [-0.3, -0.25) is 0 Å². The normalized spacial score (nSPS) is 46.3. The molecule has 0 aromatic heterocycles. The van der Waals surface area contributed by atoms with E-state index in [1.54, 1.807) is 6.92 Å². The molecule has 0 unspecified atom stereocenters. The van der Waals surface area contributed by atoms with Crippen LogP contribution in [0.4, 0.5) is 0 Å². The van der Waals surface area contributed by atoms with Crippen LogP contribution in [0.3, 0.4) is 0 Å². The van der Waals surface area contributed by atoms with Gasteiger partial charge < -0.3 is 20.1 Å². The molecule has 0 spiro atoms. The molecule has 2 rings (SSSR count). The van der Waals surface area contributed by atoms with E-state index in [9.17, 15) is 15.3 Å². The first-order valence-corrected chi connectivity index (χ1v) is 5.31. The zero-order chi connectivity index (χ0) is 10.3. The summed E-state index contributed by atoms with van der Waals surface area (Å²) >= 11 is 0. The Balaban J connectivity index is 1.97. The predicted octanol–water partition coefficient (Wildman–Crippen LogP) is -0.344. The number of hydrogen-bond acceptors (Lipinski definition) is 4. The molecule has 5 atom stereocenters. The van der Waals surface area contributed by atoms with E-state index in [2.05, 4.69) is 0 Å². The van der Waals surface area contributed by atoms with Gasteiger partial charge in [-0.1, -0.05) is 6.42 Å². The van der Waals surface area contributed by atoms with Gasteiger partial charge in [-0.05, 0) is 25.7 Å². The van der Waals surface area contributed by atoms with Gasteiger partial charge in [0.15, 0.2) is 0 Å². The Hall–Kier alpha value is -0.160. The lowest BCUT2D eigenvalue weighted by molar-refractivity contribution is -0.0960. The van der Waals surface area contributed by atoms with Crippen LogP contribution in [-0.2, 0) is 4.74 Å². The van der Waals surface area contributed by atoms with E-state index in [1.165, 1.54) is 0 Å². The van der Waals surface area contributed by atoms with Gasteiger partial charge in [-0.2, -0.15) is 0 Å². The van der Waals surface area contributed by atoms with Gasteiger partial charge in [-0.15, -0.1) is 0 Å². The molecule has 1 aliphatic carbocycles. The molecule has 1 saturated carbocycles. The fraction of sp³-hybridized carbons (Fsp3) is 1.00. The molecule has 3 N–H and O–H groups in total. The number of aliphatic hydroxyl groups excluding tert-OH is 3. The summed E-state index contributed by atoms with van der Waals surface area (Å²) < 4.78 is 5.35. The molecule has 0 amide bonds. The van der Waals surface area contributed by atoms with Crippen molar-refractivity contribution in [3.05, 3.63) is 0 Å². The van der Waals surface area contributed by atoms with Crippen LogP contribution in [0.15, 0.2) is 0 Å². The van der Waals surface area contributed by atoms with E-state index >= 15 is 0 Å². The molecular formula is C10H18O4. The smallest absolute Gasteiger partial charge is 0.113 e. The highest BCUT2D eigenvalue weighted by atomic mass is 16.6. The SMILES string of the molecule is C[C@@H]1O[C@H]([C@@H](O)C2CCC2)[C@@H](O)[C@H]1O. The summed E-state index contributed by atoms with van der Waals surface area (Å²) in [6.07, 6.45) is -0.289. The van der Waals surface area contributed by atoms with Crippen molar-refractivity contribution >= 4 is 0 Å². The van der Waals surface area contributed by atoms with Gasteiger partial charge in [0.25, 0.3) is 0 Å². The maximum absolute atomic E-state index is 9.88. The molecule has 82 valence electrons. The van der Waals surface area contributed by atoms with Crippen LogP contribution in [0.1, 0.15) is 26.2 Å². The van der Waals surface area contributed by atoms with Crippen molar-refractivity contribution in [1.82, 2.24) is 0 Å². The van der Waals surface area contributed by atoms with E-state index in [4.69, 9.17) is 4.74 Å². The maximum atomic E-state index is 9.88. The molecule has 4 heteroatoms. The van der Waals surface area contributed by atoms with Gasteiger partial charge in [-0.25, -0.2) is 0 Å². The molecule has 1 saturated heterocycles. The Morgan fingerprint density at radius 2 is 1.86 bits per heavy atom. The number of aliphatic hydroxyl groups is 3. The van der Waals surface area contributed by atoms with Crippen molar-refractivity contribution in [1.29, 1.82) is 0 Å². The third kappa shape index (κ3) is 1.56. The number of hydrogen-bond donors (Lipinski definition) is 3. The summed E-state index contributed by atoms with van der Waals surface area (Å²) in [5.74, 6) is 0.243. The largest absolute Gasteiger partial charge is 0.390 e. The summed E-state index contributed by atoms with van der Waals surface area (Å²) in [5.41, 5.74) is 0. The zero-order valence-electron chi connectivity index (χ0n) is 8.34.